The van der Waals surface area contributed by atoms with Gasteiger partial charge in [0, 0.05) is 14.9 Å². The fraction of sp³-hybridized carbons (Fsp3) is 0.286. The Hall–Kier alpha value is -0.350. The number of halogens is 2. The molecule has 18 heavy (non-hydrogen) atoms. The van der Waals surface area contributed by atoms with Crippen molar-refractivity contribution < 1.29 is 0 Å². The van der Waals surface area contributed by atoms with Gasteiger partial charge in [-0.2, -0.15) is 11.3 Å². The lowest BCUT2D eigenvalue weighted by molar-refractivity contribution is 0.627. The van der Waals surface area contributed by atoms with E-state index in [2.05, 4.69) is 51.9 Å². The van der Waals surface area contributed by atoms with E-state index in [1.807, 2.05) is 12.1 Å². The molecule has 1 nitrogen and oxygen atoms in total. The second-order valence-corrected chi connectivity index (χ2v) is 6.12. The highest BCUT2D eigenvalue weighted by Crippen LogP contribution is 2.34. The van der Waals surface area contributed by atoms with E-state index in [9.17, 15) is 0 Å². The molecule has 0 aliphatic rings. The van der Waals surface area contributed by atoms with Crippen LogP contribution in [0.5, 0.6) is 0 Å². The second kappa shape index (κ2) is 6.20. The smallest absolute Gasteiger partial charge is 0.0599 e. The van der Waals surface area contributed by atoms with Crippen LogP contribution in [0.2, 0.25) is 5.02 Å². The Morgan fingerprint density at radius 1 is 1.33 bits per heavy atom. The summed E-state index contributed by atoms with van der Waals surface area (Å²) in [5.41, 5.74) is 3.65. The van der Waals surface area contributed by atoms with Crippen LogP contribution in [0.3, 0.4) is 0 Å². The number of hydrogen-bond donors (Lipinski definition) is 1. The Morgan fingerprint density at radius 2 is 2.11 bits per heavy atom. The van der Waals surface area contributed by atoms with Crippen LogP contribution in [-0.2, 0) is 0 Å². The third-order valence-corrected chi connectivity index (χ3v) is 5.14. The lowest BCUT2D eigenvalue weighted by Gasteiger charge is -2.21. The Labute approximate surface area is 125 Å². The van der Waals surface area contributed by atoms with Crippen molar-refractivity contribution in [3.05, 3.63) is 55.1 Å². The second-order valence-electron chi connectivity index (χ2n) is 4.12. The lowest BCUT2D eigenvalue weighted by Crippen LogP contribution is -2.22. The Kier molecular flexibility index (Phi) is 4.84. The highest BCUT2D eigenvalue weighted by molar-refractivity contribution is 9.10. The molecule has 1 unspecified atom stereocenters. The minimum atomic E-state index is 0.189. The molecule has 2 aromatic rings. The molecule has 2 rings (SSSR count). The molecule has 0 saturated carbocycles. The molecule has 0 aliphatic carbocycles. The first-order valence-electron chi connectivity index (χ1n) is 5.85. The van der Waals surface area contributed by atoms with E-state index in [4.69, 9.17) is 11.6 Å². The van der Waals surface area contributed by atoms with Crippen LogP contribution in [-0.4, -0.2) is 6.54 Å². The minimum Gasteiger partial charge on any atom is -0.306 e. The first-order valence-corrected chi connectivity index (χ1v) is 7.96. The summed E-state index contributed by atoms with van der Waals surface area (Å²) in [5.74, 6) is 0. The number of thiophene rings is 1. The molecule has 0 radical (unpaired) electrons. The average molecular weight is 345 g/mol. The van der Waals surface area contributed by atoms with Gasteiger partial charge >= 0.3 is 0 Å². The summed E-state index contributed by atoms with van der Waals surface area (Å²) < 4.78 is 1.15. The summed E-state index contributed by atoms with van der Waals surface area (Å²) in [6.45, 7) is 5.11. The molecule has 0 fully saturated rings. The Morgan fingerprint density at radius 3 is 2.72 bits per heavy atom. The molecule has 0 bridgehead atoms. The van der Waals surface area contributed by atoms with Gasteiger partial charge in [-0.25, -0.2) is 0 Å². The molecule has 1 aromatic carbocycles. The highest BCUT2D eigenvalue weighted by atomic mass is 79.9. The van der Waals surface area contributed by atoms with Crippen molar-refractivity contribution in [2.45, 2.75) is 19.9 Å². The summed E-state index contributed by atoms with van der Waals surface area (Å²) >= 11 is 11.5. The lowest BCUT2D eigenvalue weighted by atomic mass is 9.97. The molecule has 96 valence electrons. The molecule has 1 heterocycles. The maximum atomic E-state index is 6.22. The molecular weight excluding hydrogens is 330 g/mol. The normalized spacial score (nSPS) is 12.7. The standard InChI is InChI=1S/C14H15BrClNS/c1-3-17-14(11-7-18-8-12(11)15)10-5-4-6-13(16)9(10)2/h4-8,14,17H,3H2,1-2H3. The molecule has 0 spiro atoms. The maximum absolute atomic E-state index is 6.22. The van der Waals surface area contributed by atoms with E-state index in [0.29, 0.717) is 0 Å². The zero-order valence-corrected chi connectivity index (χ0v) is 13.5. The summed E-state index contributed by atoms with van der Waals surface area (Å²) in [6.07, 6.45) is 0. The van der Waals surface area contributed by atoms with Crippen LogP contribution in [0, 0.1) is 6.92 Å². The van der Waals surface area contributed by atoms with Gasteiger partial charge in [0.15, 0.2) is 0 Å². The van der Waals surface area contributed by atoms with Crippen molar-refractivity contribution in [2.75, 3.05) is 6.54 Å². The first kappa shape index (κ1) is 14.1. The van der Waals surface area contributed by atoms with Crippen molar-refractivity contribution in [3.8, 4) is 0 Å². The maximum Gasteiger partial charge on any atom is 0.0599 e. The van der Waals surface area contributed by atoms with Gasteiger partial charge in [-0.15, -0.1) is 0 Å². The van der Waals surface area contributed by atoms with E-state index in [1.165, 1.54) is 11.1 Å². The van der Waals surface area contributed by atoms with Crippen LogP contribution >= 0.6 is 38.9 Å². The van der Waals surface area contributed by atoms with Crippen LogP contribution in [0.25, 0.3) is 0 Å². The van der Waals surface area contributed by atoms with Gasteiger partial charge in [0.1, 0.15) is 0 Å². The average Bonchev–Trinajstić information content (AvgIpc) is 2.76. The third-order valence-electron chi connectivity index (χ3n) is 2.98. The van der Waals surface area contributed by atoms with E-state index in [0.717, 1.165) is 21.6 Å². The topological polar surface area (TPSA) is 12.0 Å². The van der Waals surface area contributed by atoms with Crippen LogP contribution in [0.15, 0.2) is 33.4 Å². The van der Waals surface area contributed by atoms with Gasteiger partial charge in [0.2, 0.25) is 0 Å². The van der Waals surface area contributed by atoms with Crippen molar-refractivity contribution in [3.63, 3.8) is 0 Å². The number of rotatable bonds is 4. The Balaban J connectivity index is 2.48. The van der Waals surface area contributed by atoms with Crippen molar-refractivity contribution >= 4 is 38.9 Å². The fourth-order valence-electron chi connectivity index (χ4n) is 2.03. The molecule has 1 atom stereocenters. The summed E-state index contributed by atoms with van der Waals surface area (Å²) in [6, 6.07) is 6.27. The van der Waals surface area contributed by atoms with Crippen molar-refractivity contribution in [1.82, 2.24) is 5.32 Å². The molecule has 0 amide bonds. The quantitative estimate of drug-likeness (QED) is 0.806. The molecule has 0 aliphatic heterocycles. The van der Waals surface area contributed by atoms with Crippen molar-refractivity contribution in [1.29, 1.82) is 0 Å². The summed E-state index contributed by atoms with van der Waals surface area (Å²) in [4.78, 5) is 0. The zero-order valence-electron chi connectivity index (χ0n) is 10.3. The van der Waals surface area contributed by atoms with Crippen LogP contribution in [0.1, 0.15) is 29.7 Å². The number of hydrogen-bond acceptors (Lipinski definition) is 2. The zero-order chi connectivity index (χ0) is 13.1. The van der Waals surface area contributed by atoms with E-state index >= 15 is 0 Å². The minimum absolute atomic E-state index is 0.189. The SMILES string of the molecule is CCNC(c1cscc1Br)c1cccc(Cl)c1C. The number of nitrogens with one attached hydrogen (secondary N) is 1. The predicted molar refractivity (Wildman–Crippen MR) is 83.7 cm³/mol. The molecule has 4 heteroatoms. The monoisotopic (exact) mass is 343 g/mol. The summed E-state index contributed by atoms with van der Waals surface area (Å²) in [7, 11) is 0. The fourth-order valence-corrected chi connectivity index (χ4v) is 3.76. The van der Waals surface area contributed by atoms with E-state index in [-0.39, 0.29) is 6.04 Å². The van der Waals surface area contributed by atoms with Gasteiger partial charge in [-0.05, 0) is 57.5 Å². The van der Waals surface area contributed by atoms with Gasteiger partial charge in [0.25, 0.3) is 0 Å². The molecule has 1 aromatic heterocycles. The third kappa shape index (κ3) is 2.80. The van der Waals surface area contributed by atoms with Crippen LogP contribution < -0.4 is 5.32 Å². The van der Waals surface area contributed by atoms with Gasteiger partial charge in [-0.3, -0.25) is 0 Å². The number of benzene rings is 1. The van der Waals surface area contributed by atoms with Gasteiger partial charge in [-0.1, -0.05) is 30.7 Å². The molecule has 0 saturated heterocycles. The molecular formula is C14H15BrClNS. The highest BCUT2D eigenvalue weighted by Gasteiger charge is 2.19. The van der Waals surface area contributed by atoms with Gasteiger partial charge in [0.05, 0.1) is 6.04 Å². The van der Waals surface area contributed by atoms with Crippen molar-refractivity contribution in [2.24, 2.45) is 0 Å². The Bertz CT molecular complexity index is 538. The van der Waals surface area contributed by atoms with Crippen LogP contribution in [0.4, 0.5) is 0 Å². The van der Waals surface area contributed by atoms with Gasteiger partial charge < -0.3 is 5.32 Å². The predicted octanol–water partition coefficient (Wildman–Crippen LogP) is 5.17. The largest absolute Gasteiger partial charge is 0.306 e. The molecule has 1 N–H and O–H groups in total. The summed E-state index contributed by atoms with van der Waals surface area (Å²) in [5, 5.41) is 8.64. The van der Waals surface area contributed by atoms with E-state index < -0.39 is 0 Å². The first-order chi connectivity index (χ1) is 8.65. The van der Waals surface area contributed by atoms with E-state index in [1.54, 1.807) is 11.3 Å².